The SMILES string of the molecule is O=C(c1cc(-c2ccco2)on1)N1CCc2cnc(N3CCOCC3)nc2C1. The number of aromatic nitrogens is 3. The molecule has 2 aliphatic rings. The van der Waals surface area contributed by atoms with Crippen molar-refractivity contribution >= 4 is 11.9 Å². The number of furan rings is 1. The van der Waals surface area contributed by atoms with Gasteiger partial charge in [0.15, 0.2) is 11.5 Å². The predicted molar refractivity (Wildman–Crippen MR) is 97.7 cm³/mol. The zero-order valence-electron chi connectivity index (χ0n) is 15.2. The van der Waals surface area contributed by atoms with Gasteiger partial charge in [-0.25, -0.2) is 9.97 Å². The number of hydrogen-bond acceptors (Lipinski definition) is 8. The number of rotatable bonds is 3. The number of nitrogens with zero attached hydrogens (tertiary/aromatic N) is 5. The van der Waals surface area contributed by atoms with Gasteiger partial charge in [-0.1, -0.05) is 5.16 Å². The molecule has 0 saturated carbocycles. The molecule has 0 aromatic carbocycles. The third-order valence-electron chi connectivity index (χ3n) is 5.01. The van der Waals surface area contributed by atoms with Crippen LogP contribution in [0.2, 0.25) is 0 Å². The number of hydrogen-bond donors (Lipinski definition) is 0. The Morgan fingerprint density at radius 1 is 1.14 bits per heavy atom. The molecule has 9 nitrogen and oxygen atoms in total. The van der Waals surface area contributed by atoms with Crippen molar-refractivity contribution in [1.29, 1.82) is 0 Å². The molecule has 1 amide bonds. The molecule has 0 atom stereocenters. The van der Waals surface area contributed by atoms with E-state index in [0.29, 0.717) is 50.2 Å². The molecule has 0 unspecified atom stereocenters. The molecule has 0 spiro atoms. The Labute approximate surface area is 160 Å². The Morgan fingerprint density at radius 2 is 2.04 bits per heavy atom. The van der Waals surface area contributed by atoms with Gasteiger partial charge >= 0.3 is 0 Å². The Kier molecular flexibility index (Phi) is 4.28. The molecular weight excluding hydrogens is 362 g/mol. The zero-order valence-corrected chi connectivity index (χ0v) is 15.2. The lowest BCUT2D eigenvalue weighted by atomic mass is 10.1. The average Bonchev–Trinajstić information content (AvgIpc) is 3.45. The zero-order chi connectivity index (χ0) is 18.9. The van der Waals surface area contributed by atoms with Gasteiger partial charge in [0.2, 0.25) is 11.7 Å². The van der Waals surface area contributed by atoms with Crippen LogP contribution in [-0.2, 0) is 17.7 Å². The van der Waals surface area contributed by atoms with Crippen molar-refractivity contribution in [3.05, 3.63) is 47.6 Å². The summed E-state index contributed by atoms with van der Waals surface area (Å²) in [5.41, 5.74) is 2.22. The van der Waals surface area contributed by atoms with Crippen molar-refractivity contribution in [2.75, 3.05) is 37.7 Å². The fraction of sp³-hybridized carbons (Fsp3) is 0.368. The normalized spacial score (nSPS) is 16.9. The van der Waals surface area contributed by atoms with Gasteiger partial charge in [0.1, 0.15) is 0 Å². The van der Waals surface area contributed by atoms with Crippen molar-refractivity contribution in [3.8, 4) is 11.5 Å². The summed E-state index contributed by atoms with van der Waals surface area (Å²) in [6, 6.07) is 5.12. The number of morpholine rings is 1. The number of amides is 1. The summed E-state index contributed by atoms with van der Waals surface area (Å²) in [6.45, 7) is 3.92. The average molecular weight is 381 g/mol. The lowest BCUT2D eigenvalue weighted by molar-refractivity contribution is 0.0721. The molecule has 1 saturated heterocycles. The topological polar surface area (TPSA) is 97.7 Å². The van der Waals surface area contributed by atoms with Gasteiger partial charge in [-0.3, -0.25) is 4.79 Å². The highest BCUT2D eigenvalue weighted by molar-refractivity contribution is 5.93. The molecule has 9 heteroatoms. The van der Waals surface area contributed by atoms with Gasteiger partial charge in [-0.05, 0) is 24.1 Å². The molecule has 144 valence electrons. The minimum Gasteiger partial charge on any atom is -0.461 e. The van der Waals surface area contributed by atoms with Crippen molar-refractivity contribution in [2.24, 2.45) is 0 Å². The van der Waals surface area contributed by atoms with Gasteiger partial charge in [-0.15, -0.1) is 0 Å². The van der Waals surface area contributed by atoms with Crippen LogP contribution in [0.3, 0.4) is 0 Å². The quantitative estimate of drug-likeness (QED) is 0.677. The van der Waals surface area contributed by atoms with Gasteiger partial charge in [0.25, 0.3) is 5.91 Å². The fourth-order valence-corrected chi connectivity index (χ4v) is 3.45. The molecule has 3 aromatic rings. The first-order valence-corrected chi connectivity index (χ1v) is 9.25. The molecule has 28 heavy (non-hydrogen) atoms. The Balaban J connectivity index is 1.34. The molecule has 0 aliphatic carbocycles. The van der Waals surface area contributed by atoms with Gasteiger partial charge in [-0.2, -0.15) is 0 Å². The van der Waals surface area contributed by atoms with E-state index in [1.807, 2.05) is 6.20 Å². The van der Waals surface area contributed by atoms with Crippen LogP contribution in [0.1, 0.15) is 21.7 Å². The fourth-order valence-electron chi connectivity index (χ4n) is 3.45. The molecular formula is C19H19N5O4. The first-order valence-electron chi connectivity index (χ1n) is 9.25. The third kappa shape index (κ3) is 3.13. The van der Waals surface area contributed by atoms with Crippen molar-refractivity contribution in [1.82, 2.24) is 20.0 Å². The summed E-state index contributed by atoms with van der Waals surface area (Å²) >= 11 is 0. The Hall–Kier alpha value is -3.20. The molecule has 2 aliphatic heterocycles. The maximum Gasteiger partial charge on any atom is 0.276 e. The van der Waals surface area contributed by atoms with Crippen LogP contribution in [0.4, 0.5) is 5.95 Å². The standard InChI is InChI=1S/C19H19N5O4/c25-18(14-10-17(28-22-14)16-2-1-7-27-16)24-4-3-13-11-20-19(21-15(13)12-24)23-5-8-26-9-6-23/h1-2,7,10-11H,3-6,8-9,12H2. The molecule has 0 N–H and O–H groups in total. The van der Waals surface area contributed by atoms with Crippen LogP contribution < -0.4 is 4.90 Å². The van der Waals surface area contributed by atoms with E-state index in [2.05, 4.69) is 15.0 Å². The minimum atomic E-state index is -0.182. The maximum absolute atomic E-state index is 12.9. The van der Waals surface area contributed by atoms with Crippen molar-refractivity contribution in [3.63, 3.8) is 0 Å². The predicted octanol–water partition coefficient (Wildman–Crippen LogP) is 1.76. The highest BCUT2D eigenvalue weighted by atomic mass is 16.5. The van der Waals surface area contributed by atoms with Crippen LogP contribution >= 0.6 is 0 Å². The van der Waals surface area contributed by atoms with Crippen LogP contribution in [0.25, 0.3) is 11.5 Å². The van der Waals surface area contributed by atoms with Crippen molar-refractivity contribution in [2.45, 2.75) is 13.0 Å². The molecule has 0 bridgehead atoms. The number of fused-ring (bicyclic) bond motifs is 1. The molecule has 5 heterocycles. The largest absolute Gasteiger partial charge is 0.461 e. The monoisotopic (exact) mass is 381 g/mol. The molecule has 1 fully saturated rings. The van der Waals surface area contributed by atoms with E-state index in [4.69, 9.17) is 18.7 Å². The highest BCUT2D eigenvalue weighted by Crippen LogP contribution is 2.24. The highest BCUT2D eigenvalue weighted by Gasteiger charge is 2.27. The van der Waals surface area contributed by atoms with Crippen LogP contribution in [0, 0.1) is 0 Å². The molecule has 5 rings (SSSR count). The summed E-state index contributed by atoms with van der Waals surface area (Å²) in [5.74, 6) is 1.48. The van der Waals surface area contributed by atoms with E-state index >= 15 is 0 Å². The lowest BCUT2D eigenvalue weighted by Crippen LogP contribution is -2.39. The smallest absolute Gasteiger partial charge is 0.276 e. The van der Waals surface area contributed by atoms with Crippen LogP contribution in [0.5, 0.6) is 0 Å². The van der Waals surface area contributed by atoms with Gasteiger partial charge in [0, 0.05) is 31.9 Å². The second-order valence-corrected chi connectivity index (χ2v) is 6.77. The Bertz CT molecular complexity index is 978. The van der Waals surface area contributed by atoms with E-state index in [0.717, 1.165) is 24.3 Å². The lowest BCUT2D eigenvalue weighted by Gasteiger charge is -2.30. The summed E-state index contributed by atoms with van der Waals surface area (Å²) < 4.78 is 15.9. The summed E-state index contributed by atoms with van der Waals surface area (Å²) in [7, 11) is 0. The van der Waals surface area contributed by atoms with Crippen molar-refractivity contribution < 1.29 is 18.5 Å². The van der Waals surface area contributed by atoms with E-state index in [9.17, 15) is 4.79 Å². The number of carbonyl (C=O) groups is 1. The number of carbonyl (C=O) groups excluding carboxylic acids is 1. The van der Waals surface area contributed by atoms with E-state index in [-0.39, 0.29) is 11.6 Å². The first-order chi connectivity index (χ1) is 13.8. The second kappa shape index (κ2) is 7.08. The second-order valence-electron chi connectivity index (χ2n) is 6.77. The number of ether oxygens (including phenoxy) is 1. The van der Waals surface area contributed by atoms with Crippen LogP contribution in [0.15, 0.2) is 39.6 Å². The van der Waals surface area contributed by atoms with E-state index < -0.39 is 0 Å². The molecule has 0 radical (unpaired) electrons. The maximum atomic E-state index is 12.9. The first kappa shape index (κ1) is 16.9. The number of anilines is 1. The Morgan fingerprint density at radius 3 is 2.86 bits per heavy atom. The summed E-state index contributed by atoms with van der Waals surface area (Å²) in [4.78, 5) is 25.9. The van der Waals surface area contributed by atoms with E-state index in [1.54, 1.807) is 29.4 Å². The summed E-state index contributed by atoms with van der Waals surface area (Å²) in [6.07, 6.45) is 4.14. The minimum absolute atomic E-state index is 0.182. The van der Waals surface area contributed by atoms with E-state index in [1.165, 1.54) is 0 Å². The third-order valence-corrected chi connectivity index (χ3v) is 5.01. The van der Waals surface area contributed by atoms with Gasteiger partial charge in [0.05, 0.1) is 31.7 Å². The summed E-state index contributed by atoms with van der Waals surface area (Å²) in [5, 5.41) is 3.91. The van der Waals surface area contributed by atoms with Gasteiger partial charge < -0.3 is 23.5 Å². The van der Waals surface area contributed by atoms with Crippen LogP contribution in [-0.4, -0.2) is 58.8 Å². The molecule has 3 aromatic heterocycles.